The van der Waals surface area contributed by atoms with E-state index in [1.54, 1.807) is 18.3 Å². The molecule has 0 aliphatic heterocycles. The summed E-state index contributed by atoms with van der Waals surface area (Å²) in [6.45, 7) is 5.98. The first kappa shape index (κ1) is 16.8. The van der Waals surface area contributed by atoms with Gasteiger partial charge in [-0.25, -0.2) is 0 Å². The highest BCUT2D eigenvalue weighted by molar-refractivity contribution is 5.70. The van der Waals surface area contributed by atoms with Crippen molar-refractivity contribution >= 4 is 6.20 Å². The van der Waals surface area contributed by atoms with Gasteiger partial charge in [-0.3, -0.25) is 4.57 Å². The van der Waals surface area contributed by atoms with Gasteiger partial charge in [0.1, 0.15) is 5.75 Å². The highest BCUT2D eigenvalue weighted by Crippen LogP contribution is 2.28. The molecule has 0 radical (unpaired) electrons. The third-order valence-electron chi connectivity index (χ3n) is 4.53. The summed E-state index contributed by atoms with van der Waals surface area (Å²) in [7, 11) is 0. The molecule has 0 fully saturated rings. The zero-order chi connectivity index (χ0) is 18.8. The smallest absolute Gasteiger partial charge is 0.168 e. The van der Waals surface area contributed by atoms with Crippen molar-refractivity contribution in [2.24, 2.45) is 0 Å². The van der Waals surface area contributed by atoms with Crippen LogP contribution in [0.3, 0.4) is 0 Å². The summed E-state index contributed by atoms with van der Waals surface area (Å²) < 4.78 is 1.85. The van der Waals surface area contributed by atoms with Crippen LogP contribution in [0.5, 0.6) is 5.75 Å². The minimum atomic E-state index is 0.218. The number of benzene rings is 3. The molecule has 4 rings (SSSR count). The van der Waals surface area contributed by atoms with Crippen LogP contribution < -0.4 is 0 Å². The Balaban J connectivity index is 1.70. The van der Waals surface area contributed by atoms with Gasteiger partial charge in [0.15, 0.2) is 11.6 Å². The van der Waals surface area contributed by atoms with E-state index in [9.17, 15) is 5.11 Å². The third-order valence-corrected chi connectivity index (χ3v) is 4.53. The van der Waals surface area contributed by atoms with Gasteiger partial charge in [0.25, 0.3) is 0 Å². The number of phenols is 1. The number of rotatable bonds is 4. The van der Waals surface area contributed by atoms with E-state index in [4.69, 9.17) is 0 Å². The molecule has 27 heavy (non-hydrogen) atoms. The topological polar surface area (TPSA) is 50.9 Å². The molecule has 0 unspecified atom stereocenters. The first-order valence-corrected chi connectivity index (χ1v) is 8.70. The van der Waals surface area contributed by atoms with Gasteiger partial charge in [-0.2, -0.15) is 0 Å². The average molecular weight is 353 g/mol. The predicted octanol–water partition coefficient (Wildman–Crippen LogP) is 5.39. The normalized spacial score (nSPS) is 10.7. The van der Waals surface area contributed by atoms with E-state index < -0.39 is 0 Å². The van der Waals surface area contributed by atoms with Gasteiger partial charge in [0.05, 0.1) is 0 Å². The Bertz CT molecular complexity index is 1080. The lowest BCUT2D eigenvalue weighted by Crippen LogP contribution is -1.94. The monoisotopic (exact) mass is 353 g/mol. The van der Waals surface area contributed by atoms with Crippen molar-refractivity contribution in [2.75, 3.05) is 0 Å². The molecule has 0 aliphatic carbocycles. The predicted molar refractivity (Wildman–Crippen MR) is 109 cm³/mol. The summed E-state index contributed by atoms with van der Waals surface area (Å²) in [5.74, 6) is 1.63. The number of aryl methyl sites for hydroxylation is 1. The summed E-state index contributed by atoms with van der Waals surface area (Å²) in [5.41, 5.74) is 5.41. The lowest BCUT2D eigenvalue weighted by molar-refractivity contribution is 0.475. The Morgan fingerprint density at radius 3 is 1.59 bits per heavy atom. The quantitative estimate of drug-likeness (QED) is 0.535. The Kier molecular flexibility index (Phi) is 4.30. The van der Waals surface area contributed by atoms with Crippen molar-refractivity contribution in [1.29, 1.82) is 0 Å². The van der Waals surface area contributed by atoms with Gasteiger partial charge in [-0.05, 0) is 42.3 Å². The number of nitrogens with zero attached hydrogens (tertiary/aromatic N) is 3. The van der Waals surface area contributed by atoms with Gasteiger partial charge in [0, 0.05) is 17.3 Å². The van der Waals surface area contributed by atoms with Crippen molar-refractivity contribution < 1.29 is 5.11 Å². The van der Waals surface area contributed by atoms with Crippen LogP contribution in [0.25, 0.3) is 40.1 Å². The molecule has 0 atom stereocenters. The molecule has 4 nitrogen and oxygen atoms in total. The van der Waals surface area contributed by atoms with E-state index in [2.05, 4.69) is 60.1 Å². The second-order valence-corrected chi connectivity index (χ2v) is 6.39. The summed E-state index contributed by atoms with van der Waals surface area (Å²) in [5, 5.41) is 18.1. The van der Waals surface area contributed by atoms with Crippen LogP contribution in [-0.4, -0.2) is 19.9 Å². The second kappa shape index (κ2) is 6.92. The Hall–Kier alpha value is -3.66. The van der Waals surface area contributed by atoms with Gasteiger partial charge >= 0.3 is 0 Å². The minimum Gasteiger partial charge on any atom is -0.508 e. The molecule has 0 aliphatic rings. The maximum absolute atomic E-state index is 9.49. The summed E-state index contributed by atoms with van der Waals surface area (Å²) in [6.07, 6.45) is 1.70. The Morgan fingerprint density at radius 1 is 0.704 bits per heavy atom. The maximum Gasteiger partial charge on any atom is 0.168 e. The Morgan fingerprint density at radius 2 is 1.11 bits per heavy atom. The standard InChI is InChI=1S/C23H19N3O/c1-3-26-22(24-25-23(26)20-12-14-21(27)15-13-20)19-10-8-18(9-11-19)17-6-4-16(2)5-7-17/h3-15,27H,1H2,2H3. The molecule has 132 valence electrons. The van der Waals surface area contributed by atoms with Crippen LogP contribution in [0.4, 0.5) is 0 Å². The van der Waals surface area contributed by atoms with Crippen molar-refractivity contribution in [1.82, 2.24) is 14.8 Å². The maximum atomic E-state index is 9.49. The number of hydrogen-bond acceptors (Lipinski definition) is 3. The second-order valence-electron chi connectivity index (χ2n) is 6.39. The third kappa shape index (κ3) is 3.25. The summed E-state index contributed by atoms with van der Waals surface area (Å²) >= 11 is 0. The lowest BCUT2D eigenvalue weighted by atomic mass is 10.0. The molecule has 4 aromatic rings. The molecule has 3 aromatic carbocycles. The van der Waals surface area contributed by atoms with Gasteiger partial charge in [0.2, 0.25) is 0 Å². The van der Waals surface area contributed by atoms with Crippen LogP contribution in [0.1, 0.15) is 5.56 Å². The zero-order valence-electron chi connectivity index (χ0n) is 15.0. The fraction of sp³-hybridized carbons (Fsp3) is 0.0435. The van der Waals surface area contributed by atoms with Gasteiger partial charge in [-0.1, -0.05) is 60.7 Å². The van der Waals surface area contributed by atoms with E-state index in [-0.39, 0.29) is 5.75 Å². The molecule has 0 bridgehead atoms. The van der Waals surface area contributed by atoms with Crippen LogP contribution in [0, 0.1) is 6.92 Å². The lowest BCUT2D eigenvalue weighted by Gasteiger charge is -2.07. The van der Waals surface area contributed by atoms with E-state index >= 15 is 0 Å². The van der Waals surface area contributed by atoms with Gasteiger partial charge in [-0.15, -0.1) is 10.2 Å². The molecular formula is C23H19N3O. The molecule has 1 aromatic heterocycles. The largest absolute Gasteiger partial charge is 0.508 e. The first-order valence-electron chi connectivity index (χ1n) is 8.70. The number of hydrogen-bond donors (Lipinski definition) is 1. The van der Waals surface area contributed by atoms with Crippen molar-refractivity contribution in [3.8, 4) is 39.7 Å². The van der Waals surface area contributed by atoms with Crippen molar-refractivity contribution in [3.05, 3.63) is 84.9 Å². The number of aromatic nitrogens is 3. The van der Waals surface area contributed by atoms with E-state index in [0.29, 0.717) is 5.82 Å². The van der Waals surface area contributed by atoms with Crippen LogP contribution in [0.2, 0.25) is 0 Å². The van der Waals surface area contributed by atoms with Crippen molar-refractivity contribution in [2.45, 2.75) is 6.92 Å². The molecule has 0 spiro atoms. The van der Waals surface area contributed by atoms with E-state index in [1.807, 2.05) is 28.8 Å². The van der Waals surface area contributed by atoms with Crippen LogP contribution in [0.15, 0.2) is 79.4 Å². The molecule has 0 amide bonds. The highest BCUT2D eigenvalue weighted by Gasteiger charge is 2.13. The average Bonchev–Trinajstić information content (AvgIpc) is 3.13. The van der Waals surface area contributed by atoms with Crippen LogP contribution >= 0.6 is 0 Å². The number of phenolic OH excluding ortho intramolecular Hbond substituents is 1. The Labute approximate surface area is 158 Å². The SMILES string of the molecule is C=Cn1c(-c2ccc(O)cc2)nnc1-c1ccc(-c2ccc(C)cc2)cc1. The van der Waals surface area contributed by atoms with Crippen molar-refractivity contribution in [3.63, 3.8) is 0 Å². The molecular weight excluding hydrogens is 334 g/mol. The summed E-state index contributed by atoms with van der Waals surface area (Å²) in [6, 6.07) is 23.6. The van der Waals surface area contributed by atoms with E-state index in [0.717, 1.165) is 22.5 Å². The fourth-order valence-electron chi connectivity index (χ4n) is 3.03. The molecule has 0 saturated carbocycles. The minimum absolute atomic E-state index is 0.218. The molecule has 4 heteroatoms. The molecule has 0 saturated heterocycles. The number of aromatic hydroxyl groups is 1. The molecule has 1 heterocycles. The molecule has 1 N–H and O–H groups in total. The summed E-state index contributed by atoms with van der Waals surface area (Å²) in [4.78, 5) is 0. The van der Waals surface area contributed by atoms with Gasteiger partial charge < -0.3 is 5.11 Å². The zero-order valence-corrected chi connectivity index (χ0v) is 15.0. The van der Waals surface area contributed by atoms with Crippen LogP contribution in [-0.2, 0) is 0 Å². The highest BCUT2D eigenvalue weighted by atomic mass is 16.3. The van der Waals surface area contributed by atoms with E-state index in [1.165, 1.54) is 11.1 Å². The fourth-order valence-corrected chi connectivity index (χ4v) is 3.03. The first-order chi connectivity index (χ1) is 13.2.